The van der Waals surface area contributed by atoms with Crippen LogP contribution in [0.3, 0.4) is 0 Å². The second-order valence-electron chi connectivity index (χ2n) is 4.31. The predicted molar refractivity (Wildman–Crippen MR) is 67.4 cm³/mol. The third-order valence-corrected chi connectivity index (χ3v) is 2.73. The Morgan fingerprint density at radius 2 is 2.31 bits per heavy atom. The Morgan fingerprint density at radius 1 is 1.50 bits per heavy atom. The van der Waals surface area contributed by atoms with E-state index >= 15 is 0 Å². The lowest BCUT2D eigenvalue weighted by Crippen LogP contribution is -1.97. The highest BCUT2D eigenvalue weighted by atomic mass is 16.5. The summed E-state index contributed by atoms with van der Waals surface area (Å²) in [7, 11) is 0. The summed E-state index contributed by atoms with van der Waals surface area (Å²) in [5.41, 5.74) is 7.99. The Morgan fingerprint density at radius 3 is 3.00 bits per heavy atom. The highest BCUT2D eigenvalue weighted by molar-refractivity contribution is 5.64. The van der Waals surface area contributed by atoms with Crippen LogP contribution in [-0.4, -0.2) is 12.6 Å². The monoisotopic (exact) mass is 217 g/mol. The maximum atomic E-state index is 5.77. The Balaban J connectivity index is 2.07. The molecule has 0 atom stereocenters. The molecule has 0 radical (unpaired) electrons. The highest BCUT2D eigenvalue weighted by Crippen LogP contribution is 2.28. The van der Waals surface area contributed by atoms with Crippen LogP contribution in [0.2, 0.25) is 0 Å². The molecule has 0 amide bonds. The van der Waals surface area contributed by atoms with Gasteiger partial charge in [0.1, 0.15) is 5.75 Å². The molecule has 0 heterocycles. The van der Waals surface area contributed by atoms with Gasteiger partial charge in [-0.15, -0.1) is 0 Å². The second-order valence-corrected chi connectivity index (χ2v) is 4.31. The first-order valence-electron chi connectivity index (χ1n) is 5.93. The van der Waals surface area contributed by atoms with Crippen molar-refractivity contribution in [1.29, 1.82) is 0 Å². The molecule has 2 rings (SSSR count). The molecule has 1 aromatic carbocycles. The normalized spacial score (nSPS) is 16.2. The van der Waals surface area contributed by atoms with Crippen LogP contribution in [0, 0.1) is 0 Å². The molecular weight excluding hydrogens is 198 g/mol. The number of hydrogen-bond donors (Lipinski definition) is 1. The van der Waals surface area contributed by atoms with Gasteiger partial charge in [-0.1, -0.05) is 18.2 Å². The topological polar surface area (TPSA) is 35.2 Å². The minimum atomic E-state index is 0.462. The molecule has 86 valence electrons. The smallest absolute Gasteiger partial charge is 0.120 e. The molecule has 0 saturated heterocycles. The van der Waals surface area contributed by atoms with E-state index in [0.717, 1.165) is 12.2 Å². The molecule has 2 N–H and O–H groups in total. The van der Waals surface area contributed by atoms with E-state index in [2.05, 4.69) is 25.1 Å². The minimum Gasteiger partial charge on any atom is -0.490 e. The lowest BCUT2D eigenvalue weighted by molar-refractivity contribution is 0.303. The molecule has 2 heteroatoms. The number of ether oxygens (including phenoxy) is 1. The molecule has 0 aromatic heterocycles. The molecular formula is C14H19NO. The Kier molecular flexibility index (Phi) is 3.62. The number of nitrogens with two attached hydrogens (primary N) is 1. The molecule has 0 bridgehead atoms. The fourth-order valence-corrected chi connectivity index (χ4v) is 1.61. The van der Waals surface area contributed by atoms with E-state index < -0.39 is 0 Å². The summed E-state index contributed by atoms with van der Waals surface area (Å²) in [5, 5.41) is 0. The van der Waals surface area contributed by atoms with Crippen LogP contribution in [0.5, 0.6) is 5.75 Å². The van der Waals surface area contributed by atoms with Crippen molar-refractivity contribution in [2.75, 3.05) is 6.54 Å². The lowest BCUT2D eigenvalue weighted by atomic mass is 10.1. The first kappa shape index (κ1) is 11.2. The van der Waals surface area contributed by atoms with Gasteiger partial charge in [-0.25, -0.2) is 0 Å². The largest absolute Gasteiger partial charge is 0.490 e. The molecule has 1 fully saturated rings. The molecule has 2 nitrogen and oxygen atoms in total. The van der Waals surface area contributed by atoms with Gasteiger partial charge in [-0.2, -0.15) is 0 Å². The van der Waals surface area contributed by atoms with Gasteiger partial charge < -0.3 is 10.5 Å². The zero-order valence-corrected chi connectivity index (χ0v) is 9.78. The van der Waals surface area contributed by atoms with Gasteiger partial charge >= 0.3 is 0 Å². The number of rotatable bonds is 5. The molecule has 0 spiro atoms. The van der Waals surface area contributed by atoms with Crippen LogP contribution in [0.1, 0.15) is 31.7 Å². The van der Waals surface area contributed by atoms with Gasteiger partial charge in [0.05, 0.1) is 6.10 Å². The number of allylic oxidation sites excluding steroid dienone is 1. The van der Waals surface area contributed by atoms with Crippen molar-refractivity contribution in [3.05, 3.63) is 35.9 Å². The van der Waals surface area contributed by atoms with E-state index in [1.807, 2.05) is 12.1 Å². The van der Waals surface area contributed by atoms with E-state index in [1.165, 1.54) is 24.0 Å². The molecule has 1 aliphatic rings. The van der Waals surface area contributed by atoms with Crippen LogP contribution in [0.15, 0.2) is 30.3 Å². The van der Waals surface area contributed by atoms with Gasteiger partial charge in [0.2, 0.25) is 0 Å². The van der Waals surface area contributed by atoms with E-state index in [-0.39, 0.29) is 0 Å². The average molecular weight is 217 g/mol. The van der Waals surface area contributed by atoms with Crippen LogP contribution in [0.4, 0.5) is 0 Å². The summed E-state index contributed by atoms with van der Waals surface area (Å²) in [5.74, 6) is 0.987. The van der Waals surface area contributed by atoms with E-state index in [1.54, 1.807) is 0 Å². The van der Waals surface area contributed by atoms with Gasteiger partial charge in [-0.05, 0) is 56.0 Å². The van der Waals surface area contributed by atoms with Crippen molar-refractivity contribution in [2.45, 2.75) is 32.3 Å². The van der Waals surface area contributed by atoms with E-state index in [4.69, 9.17) is 10.5 Å². The average Bonchev–Trinajstić information content (AvgIpc) is 3.10. The molecule has 1 aliphatic carbocycles. The van der Waals surface area contributed by atoms with Gasteiger partial charge in [0, 0.05) is 0 Å². The Bertz CT molecular complexity index is 380. The van der Waals surface area contributed by atoms with Crippen LogP contribution in [0.25, 0.3) is 5.57 Å². The van der Waals surface area contributed by atoms with Crippen molar-refractivity contribution in [1.82, 2.24) is 0 Å². The maximum Gasteiger partial charge on any atom is 0.120 e. The third-order valence-electron chi connectivity index (χ3n) is 2.73. The van der Waals surface area contributed by atoms with Gasteiger partial charge in [0.15, 0.2) is 0 Å². The minimum absolute atomic E-state index is 0.462. The zero-order valence-electron chi connectivity index (χ0n) is 9.78. The summed E-state index contributed by atoms with van der Waals surface area (Å²) < 4.78 is 5.77. The Labute approximate surface area is 97.1 Å². The summed E-state index contributed by atoms with van der Waals surface area (Å²) in [6, 6.07) is 8.30. The number of hydrogen-bond acceptors (Lipinski definition) is 2. The van der Waals surface area contributed by atoms with Crippen molar-refractivity contribution in [3.63, 3.8) is 0 Å². The summed E-state index contributed by atoms with van der Waals surface area (Å²) in [6.45, 7) is 2.82. The van der Waals surface area contributed by atoms with Crippen LogP contribution >= 0.6 is 0 Å². The molecule has 16 heavy (non-hydrogen) atoms. The molecule has 1 aromatic rings. The fourth-order valence-electron chi connectivity index (χ4n) is 1.61. The van der Waals surface area contributed by atoms with Crippen molar-refractivity contribution < 1.29 is 4.74 Å². The summed E-state index contributed by atoms with van der Waals surface area (Å²) in [4.78, 5) is 0. The highest BCUT2D eigenvalue weighted by Gasteiger charge is 2.23. The SMILES string of the molecule is C/C(=C/CCN)c1cccc(OC2CC2)c1. The molecule has 0 aliphatic heterocycles. The quantitative estimate of drug-likeness (QED) is 0.823. The summed E-state index contributed by atoms with van der Waals surface area (Å²) >= 11 is 0. The summed E-state index contributed by atoms with van der Waals surface area (Å²) in [6.07, 6.45) is 5.97. The van der Waals surface area contributed by atoms with Gasteiger partial charge in [-0.3, -0.25) is 0 Å². The van der Waals surface area contributed by atoms with Crippen molar-refractivity contribution in [3.8, 4) is 5.75 Å². The second kappa shape index (κ2) is 5.17. The molecule has 1 saturated carbocycles. The Hall–Kier alpha value is -1.28. The molecule has 0 unspecified atom stereocenters. The first-order chi connectivity index (χ1) is 7.79. The van der Waals surface area contributed by atoms with Crippen molar-refractivity contribution in [2.24, 2.45) is 5.73 Å². The van der Waals surface area contributed by atoms with E-state index in [0.29, 0.717) is 12.6 Å². The predicted octanol–water partition coefficient (Wildman–Crippen LogP) is 2.98. The van der Waals surface area contributed by atoms with E-state index in [9.17, 15) is 0 Å². The fraction of sp³-hybridized carbons (Fsp3) is 0.429. The van der Waals surface area contributed by atoms with Crippen molar-refractivity contribution >= 4 is 5.57 Å². The van der Waals surface area contributed by atoms with Crippen LogP contribution < -0.4 is 10.5 Å². The lowest BCUT2D eigenvalue weighted by Gasteiger charge is -2.07. The first-order valence-corrected chi connectivity index (χ1v) is 5.93. The standard InChI is InChI=1S/C14H19NO/c1-11(4-3-9-15)12-5-2-6-14(10-12)16-13-7-8-13/h2,4-6,10,13H,3,7-9,15H2,1H3/b11-4-. The number of benzene rings is 1. The third kappa shape index (κ3) is 3.11. The van der Waals surface area contributed by atoms with Crippen LogP contribution in [-0.2, 0) is 0 Å². The zero-order chi connectivity index (χ0) is 11.4. The maximum absolute atomic E-state index is 5.77. The van der Waals surface area contributed by atoms with Gasteiger partial charge in [0.25, 0.3) is 0 Å².